The topological polar surface area (TPSA) is 183 Å². The van der Waals surface area contributed by atoms with Crippen molar-refractivity contribution < 1.29 is 39.5 Å². The molecule has 4 rings (SSSR count). The molecule has 0 saturated carbocycles. The minimum Gasteiger partial charge on any atom is -0.510 e. The van der Waals surface area contributed by atoms with Gasteiger partial charge < -0.3 is 36.2 Å². The van der Waals surface area contributed by atoms with Crippen molar-refractivity contribution in [2.24, 2.45) is 17.6 Å². The Balaban J connectivity index is 1.92. The summed E-state index contributed by atoms with van der Waals surface area (Å²) < 4.78 is 5.44. The first kappa shape index (κ1) is 24.6. The molecule has 0 unspecified atom stereocenters. The van der Waals surface area contributed by atoms with Gasteiger partial charge in [-0.2, -0.15) is 0 Å². The summed E-state index contributed by atoms with van der Waals surface area (Å²) in [6, 6.07) is 0.585. The number of aliphatic hydroxyl groups excluding tert-OH is 2. The number of allylic oxidation sites excluding steroid dienone is 1. The highest BCUT2D eigenvalue weighted by molar-refractivity contribution is 6.15. The Labute approximate surface area is 201 Å². The average molecular weight is 488 g/mol. The highest BCUT2D eigenvalue weighted by Gasteiger charge is 2.58. The number of likely N-dealkylation sites (N-methyl/N-ethyl adjacent to an activating group) is 1. The number of nitrogens with zero attached hydrogens (tertiary/aromatic N) is 1. The molecule has 0 heterocycles. The maximum atomic E-state index is 13.7. The van der Waals surface area contributed by atoms with Crippen molar-refractivity contribution in [2.45, 2.75) is 37.8 Å². The Morgan fingerprint density at radius 3 is 2.46 bits per heavy atom. The van der Waals surface area contributed by atoms with E-state index in [-0.39, 0.29) is 46.7 Å². The molecule has 35 heavy (non-hydrogen) atoms. The summed E-state index contributed by atoms with van der Waals surface area (Å²) >= 11 is 0. The Bertz CT molecular complexity index is 1220. The normalized spacial score (nSPS) is 27.8. The van der Waals surface area contributed by atoms with Crippen LogP contribution in [-0.2, 0) is 16.0 Å². The van der Waals surface area contributed by atoms with Gasteiger partial charge in [0, 0.05) is 36.5 Å². The molecule has 1 aromatic rings. The Morgan fingerprint density at radius 1 is 1.26 bits per heavy atom. The number of aliphatic hydroxyl groups is 3. The Morgan fingerprint density at radius 2 is 1.91 bits per heavy atom. The molecular formula is C24H29N3O8. The molecule has 11 heteroatoms. The second kappa shape index (κ2) is 8.28. The lowest BCUT2D eigenvalue weighted by atomic mass is 9.59. The van der Waals surface area contributed by atoms with Crippen molar-refractivity contribution >= 4 is 23.3 Å². The minimum absolute atomic E-state index is 0.0263. The number of methoxy groups -OCH3 is 1. The molecule has 4 atom stereocenters. The van der Waals surface area contributed by atoms with Crippen molar-refractivity contribution in [3.8, 4) is 11.5 Å². The minimum atomic E-state index is -2.04. The van der Waals surface area contributed by atoms with Crippen LogP contribution in [0.3, 0.4) is 0 Å². The number of anilines is 1. The average Bonchev–Trinajstić information content (AvgIpc) is 2.76. The van der Waals surface area contributed by atoms with Gasteiger partial charge in [0.15, 0.2) is 11.5 Å². The maximum Gasteiger partial charge on any atom is 0.248 e. The van der Waals surface area contributed by atoms with Crippen molar-refractivity contribution in [3.05, 3.63) is 39.9 Å². The van der Waals surface area contributed by atoms with E-state index in [2.05, 4.69) is 5.32 Å². The first-order valence-corrected chi connectivity index (χ1v) is 11.1. The molecule has 1 aromatic carbocycles. The molecule has 0 spiro atoms. The molecular weight excluding hydrogens is 458 g/mol. The fraction of sp³-hybridized carbons (Fsp3) is 0.458. The molecule has 11 nitrogen and oxygen atoms in total. The van der Waals surface area contributed by atoms with Crippen molar-refractivity contribution in [1.82, 2.24) is 4.90 Å². The van der Waals surface area contributed by atoms with Crippen LogP contribution in [0.2, 0.25) is 0 Å². The zero-order valence-corrected chi connectivity index (χ0v) is 19.9. The van der Waals surface area contributed by atoms with Crippen LogP contribution in [0.15, 0.2) is 28.7 Å². The van der Waals surface area contributed by atoms with Crippen molar-refractivity contribution in [3.63, 3.8) is 0 Å². The van der Waals surface area contributed by atoms with E-state index >= 15 is 0 Å². The van der Waals surface area contributed by atoms with Gasteiger partial charge in [-0.3, -0.25) is 19.3 Å². The molecule has 0 aromatic heterocycles. The maximum absolute atomic E-state index is 13.7. The predicted molar refractivity (Wildman–Crippen MR) is 124 cm³/mol. The van der Waals surface area contributed by atoms with Crippen LogP contribution in [0.25, 0.3) is 0 Å². The number of hydrogen-bond acceptors (Lipinski definition) is 9. The lowest BCUT2D eigenvalue weighted by Gasteiger charge is -2.51. The van der Waals surface area contributed by atoms with Crippen LogP contribution in [-0.4, -0.2) is 75.8 Å². The number of fused-ring (bicyclic) bond motifs is 3. The van der Waals surface area contributed by atoms with Crippen molar-refractivity contribution in [1.29, 1.82) is 0 Å². The second-order valence-electron chi connectivity index (χ2n) is 9.58. The molecule has 0 saturated heterocycles. The molecule has 188 valence electrons. The Hall–Kier alpha value is -3.57. The van der Waals surface area contributed by atoms with E-state index in [9.17, 15) is 34.8 Å². The van der Waals surface area contributed by atoms with Crippen LogP contribution in [0.1, 0.15) is 35.7 Å². The fourth-order valence-corrected chi connectivity index (χ4v) is 5.83. The number of carbonyl (C=O) groups excluding carboxylic acids is 3. The number of nitrogens with two attached hydrogens (primary N) is 1. The third kappa shape index (κ3) is 3.53. The smallest absolute Gasteiger partial charge is 0.248 e. The highest BCUT2D eigenvalue weighted by Crippen LogP contribution is 2.54. The van der Waals surface area contributed by atoms with E-state index < -0.39 is 59.0 Å². The molecule has 0 fully saturated rings. The third-order valence-corrected chi connectivity index (χ3v) is 7.32. The second-order valence-corrected chi connectivity index (χ2v) is 9.58. The summed E-state index contributed by atoms with van der Waals surface area (Å²) in [4.78, 5) is 38.9. The van der Waals surface area contributed by atoms with Crippen LogP contribution in [0, 0.1) is 11.8 Å². The summed E-state index contributed by atoms with van der Waals surface area (Å²) in [5.41, 5.74) is 3.33. The molecule has 3 aliphatic carbocycles. The number of phenolic OH excluding ortho intramolecular Hbond substituents is 1. The van der Waals surface area contributed by atoms with Gasteiger partial charge in [0.05, 0.1) is 30.0 Å². The lowest BCUT2D eigenvalue weighted by Crippen LogP contribution is -2.59. The van der Waals surface area contributed by atoms with E-state index in [0.717, 1.165) is 0 Å². The number of benzene rings is 1. The summed E-state index contributed by atoms with van der Waals surface area (Å²) in [5.74, 6) is -4.54. The third-order valence-electron chi connectivity index (χ3n) is 7.32. The van der Waals surface area contributed by atoms with Crippen LogP contribution in [0.5, 0.6) is 11.5 Å². The van der Waals surface area contributed by atoms with E-state index in [4.69, 9.17) is 10.5 Å². The highest BCUT2D eigenvalue weighted by atomic mass is 16.5. The largest absolute Gasteiger partial charge is 0.510 e. The Kier molecular flexibility index (Phi) is 5.81. The molecule has 0 radical (unpaired) electrons. The van der Waals surface area contributed by atoms with Crippen LogP contribution in [0.4, 0.5) is 5.69 Å². The van der Waals surface area contributed by atoms with Gasteiger partial charge in [-0.1, -0.05) is 0 Å². The monoisotopic (exact) mass is 487 g/mol. The van der Waals surface area contributed by atoms with Crippen LogP contribution < -0.4 is 15.8 Å². The first-order chi connectivity index (χ1) is 16.3. The summed E-state index contributed by atoms with van der Waals surface area (Å²) in [6.07, 6.45) is -0.0819. The molecule has 3 aliphatic rings. The van der Waals surface area contributed by atoms with Gasteiger partial charge in [-0.15, -0.1) is 0 Å². The van der Waals surface area contributed by atoms with Gasteiger partial charge >= 0.3 is 0 Å². The first-order valence-electron chi connectivity index (χ1n) is 11.1. The number of nitrogens with one attached hydrogen (secondary N) is 1. The van der Waals surface area contributed by atoms with E-state index in [1.54, 1.807) is 19.0 Å². The molecule has 2 amide bonds. The number of carbonyl (C=O) groups is 3. The number of ketones is 1. The number of primary amides is 1. The number of Topliss-reactive ketones (excluding diaryl/α,β-unsaturated/α-hetero) is 1. The number of phenols is 1. The van der Waals surface area contributed by atoms with Gasteiger partial charge in [0.25, 0.3) is 0 Å². The van der Waals surface area contributed by atoms with Gasteiger partial charge in [0.2, 0.25) is 11.8 Å². The molecule has 0 aliphatic heterocycles. The summed E-state index contributed by atoms with van der Waals surface area (Å²) in [7, 11) is 4.72. The van der Waals surface area contributed by atoms with Gasteiger partial charge in [-0.25, -0.2) is 0 Å². The number of rotatable bonds is 4. The van der Waals surface area contributed by atoms with Crippen molar-refractivity contribution in [2.75, 3.05) is 26.5 Å². The molecule has 7 N–H and O–H groups in total. The zero-order valence-electron chi connectivity index (χ0n) is 19.9. The number of ether oxygens (including phenoxy) is 1. The van der Waals surface area contributed by atoms with E-state index in [1.165, 1.54) is 20.1 Å². The van der Waals surface area contributed by atoms with E-state index in [1.807, 2.05) is 0 Å². The number of amides is 2. The quantitative estimate of drug-likeness (QED) is 0.336. The SMILES string of the molecule is COc1cc(NC(C)=O)c(O)c2c1C[C@H]1C[C@H]3[C@H](N(C)C)C(O)=C(C(N)=O)C[C@@]3(O)C(O)=C1C2=O. The van der Waals surface area contributed by atoms with Crippen LogP contribution >= 0.6 is 0 Å². The summed E-state index contributed by atoms with van der Waals surface area (Å²) in [6.45, 7) is 1.25. The summed E-state index contributed by atoms with van der Waals surface area (Å²) in [5, 5.41) is 47.1. The predicted octanol–water partition coefficient (Wildman–Crippen LogP) is 0.909. The number of aromatic hydroxyl groups is 1. The van der Waals surface area contributed by atoms with E-state index in [0.29, 0.717) is 5.56 Å². The van der Waals surface area contributed by atoms with Gasteiger partial charge in [-0.05, 0) is 32.9 Å². The van der Waals surface area contributed by atoms with Gasteiger partial charge in [0.1, 0.15) is 22.9 Å². The zero-order chi connectivity index (χ0) is 26.0. The number of hydrogen-bond donors (Lipinski definition) is 6. The lowest BCUT2D eigenvalue weighted by molar-refractivity contribution is -0.118. The molecule has 0 bridgehead atoms. The standard InChI is InChI=1S/C24H29N3O8/c1-9(28)26-14-7-15(35-4)11-5-10-6-13-18(27(2)3)19(29)12(23(25)33)8-24(13,34)22(32)16(10)21(31)17(11)20(14)30/h7,10,13,18,29-30,32,34H,5-6,8H2,1-4H3,(H2,25,33)(H,26,28)/t10-,13-,18-,24-/m0/s1. The fourth-order valence-electron chi connectivity index (χ4n) is 5.83.